The van der Waals surface area contributed by atoms with Gasteiger partial charge < -0.3 is 70.8 Å². The van der Waals surface area contributed by atoms with Gasteiger partial charge in [0.05, 0.1) is 70.7 Å². The van der Waals surface area contributed by atoms with Gasteiger partial charge >= 0.3 is 0 Å². The van der Waals surface area contributed by atoms with Gasteiger partial charge in [-0.25, -0.2) is 39.3 Å². The summed E-state index contributed by atoms with van der Waals surface area (Å²) in [5, 5.41) is 71.4. The van der Waals surface area contributed by atoms with Crippen LogP contribution in [0.3, 0.4) is 0 Å². The fourth-order valence-corrected chi connectivity index (χ4v) is 21.2. The maximum Gasteiger partial charge on any atom is 0.258 e. The van der Waals surface area contributed by atoms with Crippen molar-refractivity contribution in [3.8, 4) is 67.2 Å². The molecule has 0 aliphatic carbocycles. The first-order chi connectivity index (χ1) is 73.1. The summed E-state index contributed by atoms with van der Waals surface area (Å²) >= 11 is 1.65. The van der Waals surface area contributed by atoms with E-state index in [1.54, 1.807) is 99.1 Å². The quantitative estimate of drug-likeness (QED) is 0.0170. The molecule has 5 amide bonds. The van der Waals surface area contributed by atoms with Crippen molar-refractivity contribution in [2.75, 3.05) is 172 Å². The molecule has 7 aromatic heterocycles. The molecule has 15 aromatic rings. The third-order valence-electron chi connectivity index (χ3n) is 28.6. The maximum atomic E-state index is 14.3. The van der Waals surface area contributed by atoms with Crippen molar-refractivity contribution < 1.29 is 57.9 Å². The molecule has 0 bridgehead atoms. The Kier molecular flexibility index (Phi) is 32.3. The molecule has 35 nitrogen and oxygen atoms in total. The van der Waals surface area contributed by atoms with Crippen molar-refractivity contribution in [3.05, 3.63) is 277 Å². The number of H-pyrrole nitrogens is 3. The highest BCUT2D eigenvalue weighted by Gasteiger charge is 2.49. The highest BCUT2D eigenvalue weighted by Crippen LogP contribution is 2.41. The second-order valence-corrected chi connectivity index (χ2v) is 39.8. The molecule has 37 heteroatoms. The van der Waals surface area contributed by atoms with Gasteiger partial charge in [-0.2, -0.15) is 15.3 Å². The molecule has 6 aliphatic heterocycles. The molecule has 0 spiro atoms. The molecule has 13 heterocycles. The molecule has 150 heavy (non-hydrogen) atoms. The highest BCUT2D eigenvalue weighted by atomic mass is 32.1. The topological polar surface area (TPSA) is 430 Å². The van der Waals surface area contributed by atoms with Gasteiger partial charge in [0.25, 0.3) is 11.8 Å². The van der Waals surface area contributed by atoms with E-state index in [9.17, 15) is 33.5 Å². The summed E-state index contributed by atoms with van der Waals surface area (Å²) in [5.74, 6) is 1.81. The average Bonchev–Trinajstić information content (AvgIpc) is 1.64. The molecule has 11 N–H and O–H groups in total. The number of likely N-dealkylation sites (tertiary alicyclic amines) is 3. The van der Waals surface area contributed by atoms with E-state index in [2.05, 4.69) is 165 Å². The first-order valence-electron chi connectivity index (χ1n) is 50.5. The van der Waals surface area contributed by atoms with Gasteiger partial charge in [0, 0.05) is 229 Å². The van der Waals surface area contributed by atoms with Crippen LogP contribution < -0.4 is 26.6 Å². The Morgan fingerprint density at radius 1 is 0.433 bits per heavy atom. The number of fused-ring (bicyclic) bond motifs is 3. The van der Waals surface area contributed by atoms with Crippen LogP contribution in [-0.4, -0.2) is 309 Å². The number of aromatic nitrogens is 13. The Bertz CT molecular complexity index is 7380. The normalized spacial score (nSPS) is 18.2. The minimum Gasteiger partial charge on any atom is -0.395 e. The third-order valence-corrected chi connectivity index (χ3v) is 29.6. The number of aliphatic hydroxyl groups excluding tert-OH is 3. The number of rotatable bonds is 33. The van der Waals surface area contributed by atoms with Crippen molar-refractivity contribution in [3.63, 3.8) is 0 Å². The minimum atomic E-state index is -1.12. The van der Waals surface area contributed by atoms with Gasteiger partial charge in [-0.1, -0.05) is 117 Å². The number of carbonyl (C=O) groups is 5. The fourth-order valence-electron chi connectivity index (χ4n) is 20.1. The standard InChI is InChI=1S/C38H39FN8O4.C38H42N8O4.C37H40N8O3S/c1-51-38(37(50)43-29-8-10-32-30(22-29)35(45-44-32)28-7-9-31(39)33(21-28)40-16-20-48)13-19-46(24-38)23-34(49)47-17-11-26(12-18-47)25-3-5-27(6-4-25)36-41-14-2-15-42-36;1-50-38(37(49)42-31-11-12-33-32(23-31)35(44-43-33)28-7-9-30(10-8-28)39-18-22-47)15-21-45(25-38)24-34(48)46-19-13-27(14-20-46)26-3-5-29(6-4-26)36-40-16-2-17-41-36;1-24(2)19-32-40-21-31(49-32)34-29-20-28(9-10-30(29)42-43-34)41-36(47)37(48-3)13-18-44(23-37)22-33(46)45-16-11-26(12-17-45)25-5-7-27(8-6-25)35-38-14-4-15-39-35/h2-11,14-15,21-22,40,48H,12-13,16-20,23-24H2,1H3,(H,43,50)(H,44,45);2-13,16-17,23,37,39,42,47,49H,14-15,18-22,24-25H2,1H3,(H,43,44);4-11,14-15,20-21,24H,12-13,16-19,22-23H2,1-3H3,(H,41,47)(H,42,43)/t38-;37?,38-;37-/m000/s1. The Hall–Kier alpha value is -15.4. The maximum absolute atomic E-state index is 14.3. The zero-order valence-electron chi connectivity index (χ0n) is 84.3. The van der Waals surface area contributed by atoms with Crippen LogP contribution in [0.2, 0.25) is 0 Å². The van der Waals surface area contributed by atoms with Gasteiger partial charge in [-0.3, -0.25) is 54.0 Å². The molecule has 0 radical (unpaired) electrons. The molecule has 4 atom stereocenters. The summed E-state index contributed by atoms with van der Waals surface area (Å²) in [5.41, 5.74) is 16.4. The van der Waals surface area contributed by atoms with E-state index >= 15 is 0 Å². The number of nitrogens with zero attached hydrogens (tertiary/aromatic N) is 16. The zero-order chi connectivity index (χ0) is 104. The predicted octanol–water partition coefficient (Wildman–Crippen LogP) is 14.5. The molecule has 6 aliphatic rings. The first kappa shape index (κ1) is 103. The van der Waals surface area contributed by atoms with Gasteiger partial charge in [-0.05, 0) is 181 Å². The van der Waals surface area contributed by atoms with E-state index in [0.29, 0.717) is 144 Å². The molecular weight excluding hydrogens is 1920 g/mol. The molecule has 21 rings (SSSR count). The van der Waals surface area contributed by atoms with Crippen LogP contribution in [-0.2, 0) is 44.6 Å². The van der Waals surface area contributed by atoms with Crippen LogP contribution in [0.15, 0.2) is 250 Å². The Morgan fingerprint density at radius 2 is 0.820 bits per heavy atom. The lowest BCUT2D eigenvalue weighted by Crippen LogP contribution is -2.51. The smallest absolute Gasteiger partial charge is 0.258 e. The minimum absolute atomic E-state index is 0.0163. The lowest BCUT2D eigenvalue weighted by Gasteiger charge is -2.34. The number of hydrogen-bond donors (Lipinski definition) is 11. The number of aliphatic hydroxyl groups is 3. The molecule has 0 saturated carbocycles. The Balaban J connectivity index is 0.000000141. The van der Waals surface area contributed by atoms with Crippen molar-refractivity contribution in [1.29, 1.82) is 0 Å². The Labute approximate surface area is 871 Å². The number of amides is 5. The third kappa shape index (κ3) is 23.8. The summed E-state index contributed by atoms with van der Waals surface area (Å²) in [4.78, 5) is 111. The van der Waals surface area contributed by atoms with Crippen molar-refractivity contribution in [2.24, 2.45) is 5.92 Å². The van der Waals surface area contributed by atoms with Crippen LogP contribution >= 0.6 is 11.3 Å². The van der Waals surface area contributed by atoms with Crippen LogP contribution in [0.5, 0.6) is 0 Å². The van der Waals surface area contributed by atoms with Crippen LogP contribution in [0.1, 0.15) is 74.1 Å². The number of aromatic amines is 3. The molecule has 1 unspecified atom stereocenters. The van der Waals surface area contributed by atoms with E-state index in [4.69, 9.17) is 24.4 Å². The fraction of sp³-hybridized carbons (Fsp3) is 0.319. The molecule has 772 valence electrons. The largest absolute Gasteiger partial charge is 0.395 e. The molecular formula is C113H121FN24O11S. The monoisotopic (exact) mass is 2040 g/mol. The van der Waals surface area contributed by atoms with Crippen LogP contribution in [0.25, 0.3) is 117 Å². The molecule has 3 saturated heterocycles. The number of thiazole rings is 1. The lowest BCUT2D eigenvalue weighted by molar-refractivity contribution is -0.138. The first-order valence-corrected chi connectivity index (χ1v) is 51.4. The van der Waals surface area contributed by atoms with Crippen molar-refractivity contribution in [1.82, 2.24) is 94.9 Å². The summed E-state index contributed by atoms with van der Waals surface area (Å²) < 4.78 is 32.0. The number of hydrogen-bond acceptors (Lipinski definition) is 28. The van der Waals surface area contributed by atoms with Crippen LogP contribution in [0, 0.1) is 11.7 Å². The summed E-state index contributed by atoms with van der Waals surface area (Å²) in [6, 6.07) is 59.5. The van der Waals surface area contributed by atoms with Gasteiger partial charge in [-0.15, -0.1) is 11.3 Å². The number of nitrogens with one attached hydrogen (secondary N) is 8. The number of benzene rings is 8. The zero-order valence-corrected chi connectivity index (χ0v) is 85.1. The van der Waals surface area contributed by atoms with E-state index in [-0.39, 0.29) is 81.2 Å². The summed E-state index contributed by atoms with van der Waals surface area (Å²) in [6.07, 6.45) is 22.4. The van der Waals surface area contributed by atoms with Crippen molar-refractivity contribution in [2.45, 2.75) is 81.8 Å². The number of halogens is 1. The lowest BCUT2D eigenvalue weighted by atomic mass is 9.98. The van der Waals surface area contributed by atoms with Gasteiger partial charge in [0.1, 0.15) is 22.8 Å². The summed E-state index contributed by atoms with van der Waals surface area (Å²) in [7, 11) is 4.70. The Morgan fingerprint density at radius 3 is 1.25 bits per heavy atom. The van der Waals surface area contributed by atoms with E-state index in [1.807, 2.05) is 140 Å². The van der Waals surface area contributed by atoms with Crippen molar-refractivity contribution >= 4 is 119 Å². The highest BCUT2D eigenvalue weighted by molar-refractivity contribution is 7.15. The molecule has 3 fully saturated rings. The number of anilines is 5. The van der Waals surface area contributed by atoms with Gasteiger partial charge in [0.15, 0.2) is 34.9 Å². The van der Waals surface area contributed by atoms with E-state index < -0.39 is 28.8 Å². The second-order valence-electron chi connectivity index (χ2n) is 38.7. The van der Waals surface area contributed by atoms with Gasteiger partial charge in [0.2, 0.25) is 17.7 Å². The molecule has 8 aromatic carbocycles. The number of carbonyl (C=O) groups excluding carboxylic acids is 5. The van der Waals surface area contributed by atoms with E-state index in [0.717, 1.165) is 130 Å². The number of ether oxygens (including phenoxy) is 3. The summed E-state index contributed by atoms with van der Waals surface area (Å²) in [6.45, 7) is 12.1. The second kappa shape index (κ2) is 47.0. The van der Waals surface area contributed by atoms with E-state index in [1.165, 1.54) is 29.9 Å². The number of methoxy groups -OCH3 is 3. The predicted molar refractivity (Wildman–Crippen MR) is 579 cm³/mol. The SMILES string of the molecule is CO[C@@]1(C(=O)Nc2ccc3[nH]nc(-c4ccc(F)c(NCCO)c4)c3c2)CCN(CC(=O)N2CC=C(c3ccc(-c4ncccn4)cc3)CC2)C1.CO[C@@]1(C(=O)Nc2ccc3[nH]nc(-c4cnc(CC(C)C)s4)c3c2)CCN(CC(=O)N2CC=C(c3ccc(-c4ncccn4)cc3)CC2)C1.CO[C@@]1(C(O)Nc2ccc3[nH]nc(-c4ccc(NCCO)cc4)c3c2)CCN(CC(=O)N2CC=C(c3ccc(-c4ncccn4)cc3)CC2)C1. The van der Waals surface area contributed by atoms with Crippen LogP contribution in [0.4, 0.5) is 32.8 Å². The average molecular weight is 2040 g/mol.